The van der Waals surface area contributed by atoms with Crippen LogP contribution in [0.25, 0.3) is 0 Å². The van der Waals surface area contributed by atoms with Gasteiger partial charge in [-0.25, -0.2) is 4.68 Å². The molecule has 4 rings (SSSR count). The average Bonchev–Trinajstić information content (AvgIpc) is 3.41. The summed E-state index contributed by atoms with van der Waals surface area (Å²) in [6.07, 6.45) is -4.71. The first kappa shape index (κ1) is 20.4. The third-order valence-electron chi connectivity index (χ3n) is 4.62. The highest BCUT2D eigenvalue weighted by Gasteiger charge is 2.47. The van der Waals surface area contributed by atoms with E-state index in [9.17, 15) is 18.0 Å². The topological polar surface area (TPSA) is 59.0 Å². The lowest BCUT2D eigenvalue weighted by molar-refractivity contribution is -0.173. The number of nitrogens with zero attached hydrogens (tertiary/aromatic N) is 2. The SMILES string of the molecule is O=C(Cc1nn2c(c1Br)NC(c1cccs1)CC2C(F)(F)F)NCc1cccs1. The zero-order valence-electron chi connectivity index (χ0n) is 14.9. The van der Waals surface area contributed by atoms with E-state index in [2.05, 4.69) is 31.7 Å². The number of fused-ring (bicyclic) bond motifs is 1. The van der Waals surface area contributed by atoms with Crippen LogP contribution in [0.3, 0.4) is 0 Å². The van der Waals surface area contributed by atoms with Crippen molar-refractivity contribution in [3.05, 3.63) is 54.9 Å². The summed E-state index contributed by atoms with van der Waals surface area (Å²) in [5, 5.41) is 13.8. The Morgan fingerprint density at radius 2 is 2.07 bits per heavy atom. The minimum Gasteiger partial charge on any atom is -0.362 e. The fraction of sp³-hybridized carbons (Fsp3) is 0.333. The van der Waals surface area contributed by atoms with Crippen LogP contribution >= 0.6 is 38.6 Å². The van der Waals surface area contributed by atoms with Crippen molar-refractivity contribution in [1.82, 2.24) is 15.1 Å². The van der Waals surface area contributed by atoms with E-state index in [1.54, 1.807) is 0 Å². The molecule has 11 heteroatoms. The number of thiophene rings is 2. The summed E-state index contributed by atoms with van der Waals surface area (Å²) in [5.74, 6) is -0.0501. The van der Waals surface area contributed by atoms with Crippen LogP contribution in [0.2, 0.25) is 0 Å². The van der Waals surface area contributed by atoms with Gasteiger partial charge in [-0.3, -0.25) is 4.79 Å². The van der Waals surface area contributed by atoms with Crippen molar-refractivity contribution in [3.63, 3.8) is 0 Å². The Morgan fingerprint density at radius 3 is 2.72 bits per heavy atom. The molecule has 0 saturated heterocycles. The van der Waals surface area contributed by atoms with Crippen molar-refractivity contribution in [2.45, 2.75) is 37.6 Å². The first-order valence-corrected chi connectivity index (χ1v) is 11.3. The van der Waals surface area contributed by atoms with Gasteiger partial charge in [-0.2, -0.15) is 18.3 Å². The molecule has 0 radical (unpaired) electrons. The Labute approximate surface area is 181 Å². The fourth-order valence-electron chi connectivity index (χ4n) is 3.24. The van der Waals surface area contributed by atoms with Gasteiger partial charge in [0.15, 0.2) is 6.04 Å². The van der Waals surface area contributed by atoms with Crippen LogP contribution in [0.5, 0.6) is 0 Å². The number of alkyl halides is 3. The molecule has 0 fully saturated rings. The molecule has 154 valence electrons. The molecule has 4 heterocycles. The maximum Gasteiger partial charge on any atom is 0.410 e. The first-order valence-electron chi connectivity index (χ1n) is 8.75. The van der Waals surface area contributed by atoms with Gasteiger partial charge in [-0.15, -0.1) is 22.7 Å². The van der Waals surface area contributed by atoms with Crippen molar-refractivity contribution >= 4 is 50.3 Å². The van der Waals surface area contributed by atoms with Gasteiger partial charge in [0.05, 0.1) is 29.2 Å². The lowest BCUT2D eigenvalue weighted by atomic mass is 10.0. The number of aromatic nitrogens is 2. The van der Waals surface area contributed by atoms with Crippen molar-refractivity contribution in [2.75, 3.05) is 5.32 Å². The van der Waals surface area contributed by atoms with Gasteiger partial charge in [0.1, 0.15) is 5.82 Å². The Kier molecular flexibility index (Phi) is 5.71. The number of hydrogen-bond acceptors (Lipinski definition) is 5. The molecule has 0 saturated carbocycles. The summed E-state index contributed by atoms with van der Waals surface area (Å²) in [6, 6.07) is 5.19. The predicted octanol–water partition coefficient (Wildman–Crippen LogP) is 5.29. The highest BCUT2D eigenvalue weighted by Crippen LogP contribution is 2.46. The zero-order chi connectivity index (χ0) is 20.6. The summed E-state index contributed by atoms with van der Waals surface area (Å²) < 4.78 is 42.6. The van der Waals surface area contributed by atoms with Gasteiger partial charge in [0, 0.05) is 16.2 Å². The summed E-state index contributed by atoms with van der Waals surface area (Å²) in [7, 11) is 0. The number of anilines is 1. The minimum absolute atomic E-state index is 0.109. The molecular formula is C18H16BrF3N4OS2. The zero-order valence-corrected chi connectivity index (χ0v) is 18.1. The molecule has 5 nitrogen and oxygen atoms in total. The van der Waals surface area contributed by atoms with Crippen LogP contribution in [0.1, 0.15) is 34.0 Å². The number of carbonyl (C=O) groups excluding carboxylic acids is 1. The van der Waals surface area contributed by atoms with Gasteiger partial charge >= 0.3 is 6.18 Å². The van der Waals surface area contributed by atoms with E-state index >= 15 is 0 Å². The normalized spacial score (nSPS) is 18.9. The van der Waals surface area contributed by atoms with Gasteiger partial charge < -0.3 is 10.6 Å². The number of hydrogen-bond donors (Lipinski definition) is 2. The van der Waals surface area contributed by atoms with Crippen molar-refractivity contribution in [3.8, 4) is 0 Å². The van der Waals surface area contributed by atoms with E-state index in [4.69, 9.17) is 0 Å². The van der Waals surface area contributed by atoms with Crippen molar-refractivity contribution < 1.29 is 18.0 Å². The molecule has 3 aromatic heterocycles. The van der Waals surface area contributed by atoms with E-state index < -0.39 is 18.3 Å². The number of amides is 1. The molecule has 0 spiro atoms. The number of carbonyl (C=O) groups is 1. The Hall–Kier alpha value is -1.85. The quantitative estimate of drug-likeness (QED) is 0.496. The number of nitrogens with one attached hydrogen (secondary N) is 2. The summed E-state index contributed by atoms with van der Waals surface area (Å²) >= 11 is 6.28. The predicted molar refractivity (Wildman–Crippen MR) is 110 cm³/mol. The van der Waals surface area contributed by atoms with Gasteiger partial charge in [0.25, 0.3) is 0 Å². The van der Waals surface area contributed by atoms with Gasteiger partial charge in [-0.05, 0) is 38.8 Å². The molecule has 0 aromatic carbocycles. The van der Waals surface area contributed by atoms with E-state index in [1.807, 2.05) is 35.0 Å². The molecule has 1 amide bonds. The van der Waals surface area contributed by atoms with E-state index in [0.29, 0.717) is 11.0 Å². The molecule has 1 aliphatic heterocycles. The molecule has 0 aliphatic carbocycles. The highest BCUT2D eigenvalue weighted by atomic mass is 79.9. The molecule has 2 unspecified atom stereocenters. The maximum absolute atomic E-state index is 13.7. The van der Waals surface area contributed by atoms with Crippen LogP contribution in [0.15, 0.2) is 39.5 Å². The molecular weight excluding hydrogens is 489 g/mol. The first-order chi connectivity index (χ1) is 13.8. The Morgan fingerprint density at radius 1 is 1.31 bits per heavy atom. The molecule has 0 bridgehead atoms. The lowest BCUT2D eigenvalue weighted by Crippen LogP contribution is -2.35. The molecule has 1 aliphatic rings. The van der Waals surface area contributed by atoms with Crippen LogP contribution in [0.4, 0.5) is 19.0 Å². The average molecular weight is 505 g/mol. The van der Waals surface area contributed by atoms with Crippen LogP contribution in [-0.4, -0.2) is 21.9 Å². The summed E-state index contributed by atoms with van der Waals surface area (Å²) in [4.78, 5) is 14.1. The van der Waals surface area contributed by atoms with E-state index in [1.165, 1.54) is 22.7 Å². The molecule has 3 aromatic rings. The highest BCUT2D eigenvalue weighted by molar-refractivity contribution is 9.10. The second-order valence-corrected chi connectivity index (χ2v) is 9.40. The third kappa shape index (κ3) is 4.36. The van der Waals surface area contributed by atoms with Crippen LogP contribution in [0, 0.1) is 0 Å². The van der Waals surface area contributed by atoms with Crippen molar-refractivity contribution in [2.24, 2.45) is 0 Å². The van der Waals surface area contributed by atoms with Gasteiger partial charge in [0.2, 0.25) is 5.91 Å². The molecule has 2 N–H and O–H groups in total. The maximum atomic E-state index is 13.7. The lowest BCUT2D eigenvalue weighted by Gasteiger charge is -2.33. The second kappa shape index (κ2) is 8.11. The molecule has 29 heavy (non-hydrogen) atoms. The Bertz CT molecular complexity index is 986. The summed E-state index contributed by atoms with van der Waals surface area (Å²) in [6.45, 7) is 0.381. The smallest absolute Gasteiger partial charge is 0.362 e. The number of halogens is 4. The largest absolute Gasteiger partial charge is 0.410 e. The van der Waals surface area contributed by atoms with E-state index in [-0.39, 0.29) is 30.3 Å². The van der Waals surface area contributed by atoms with E-state index in [0.717, 1.165) is 14.4 Å². The standard InChI is InChI=1S/C18H16BrF3N4OS2/c19-16-12(8-15(27)23-9-10-3-1-5-28-10)25-26-14(18(20,21)22)7-11(24-17(16)26)13-4-2-6-29-13/h1-6,11,14,24H,7-9H2,(H,23,27). The van der Waals surface area contributed by atoms with Crippen molar-refractivity contribution in [1.29, 1.82) is 0 Å². The fourth-order valence-corrected chi connectivity index (χ4v) is 5.19. The van der Waals surface area contributed by atoms with Crippen LogP contribution < -0.4 is 10.6 Å². The minimum atomic E-state index is -4.45. The Balaban J connectivity index is 1.56. The summed E-state index contributed by atoms with van der Waals surface area (Å²) in [5.41, 5.74) is 0.275. The van der Waals surface area contributed by atoms with Crippen LogP contribution in [-0.2, 0) is 17.8 Å². The monoisotopic (exact) mass is 504 g/mol. The second-order valence-electron chi connectivity index (χ2n) is 6.59. The molecule has 2 atom stereocenters. The number of rotatable bonds is 5. The van der Waals surface area contributed by atoms with Gasteiger partial charge in [-0.1, -0.05) is 12.1 Å². The third-order valence-corrected chi connectivity index (χ3v) is 7.31.